The Morgan fingerprint density at radius 2 is 2.07 bits per heavy atom. The quantitative estimate of drug-likeness (QED) is 0.581. The largest absolute Gasteiger partial charge is 0.508 e. The number of nitrogens with zero attached hydrogens (tertiary/aromatic N) is 3. The lowest BCUT2D eigenvalue weighted by molar-refractivity contribution is 0.102. The first-order valence-corrected chi connectivity index (χ1v) is 9.75. The number of aromatic hydroxyl groups is 1. The number of hydrogen-bond acceptors (Lipinski definition) is 5. The summed E-state index contributed by atoms with van der Waals surface area (Å²) in [5.74, 6) is -0.653. The van der Waals surface area contributed by atoms with E-state index in [4.69, 9.17) is 0 Å². The fourth-order valence-corrected chi connectivity index (χ4v) is 3.86. The Labute approximate surface area is 173 Å². The second-order valence-corrected chi connectivity index (χ2v) is 7.50. The maximum Gasteiger partial charge on any atom is 0.255 e. The van der Waals surface area contributed by atoms with Gasteiger partial charge in [0.05, 0.1) is 24.5 Å². The number of aromatic nitrogens is 2. The summed E-state index contributed by atoms with van der Waals surface area (Å²) in [4.78, 5) is 14.5. The SMILES string of the molecule is O=C(Nc1cnn([C@H]2C[C@@H](CO)N(Cc3cccc(O)c3)C2)c1)c1cccc(F)c1. The molecule has 1 aromatic heterocycles. The van der Waals surface area contributed by atoms with Crippen LogP contribution in [-0.2, 0) is 6.54 Å². The van der Waals surface area contributed by atoms with Crippen molar-refractivity contribution in [2.24, 2.45) is 0 Å². The zero-order valence-electron chi connectivity index (χ0n) is 16.3. The molecule has 0 bridgehead atoms. The lowest BCUT2D eigenvalue weighted by Crippen LogP contribution is -2.31. The standard InChI is InChI=1S/C22H23FN4O3/c23-17-5-2-4-16(8-17)22(30)25-18-10-24-27(12-18)19-9-20(14-28)26(13-19)11-15-3-1-6-21(29)7-15/h1-8,10,12,19-20,28-29H,9,11,13-14H2,(H,25,30)/t19-,20-/m0/s1. The molecule has 1 amide bonds. The molecule has 0 unspecified atom stereocenters. The molecule has 30 heavy (non-hydrogen) atoms. The van der Waals surface area contributed by atoms with Crippen molar-refractivity contribution in [2.75, 3.05) is 18.5 Å². The number of amides is 1. The first-order chi connectivity index (χ1) is 14.5. The van der Waals surface area contributed by atoms with Crippen LogP contribution in [0.1, 0.15) is 28.4 Å². The number of aliphatic hydroxyl groups is 1. The molecule has 2 heterocycles. The van der Waals surface area contributed by atoms with Crippen molar-refractivity contribution < 1.29 is 19.4 Å². The van der Waals surface area contributed by atoms with Crippen LogP contribution >= 0.6 is 0 Å². The molecule has 7 nitrogen and oxygen atoms in total. The summed E-state index contributed by atoms with van der Waals surface area (Å²) in [5.41, 5.74) is 1.73. The molecule has 4 rings (SSSR count). The number of halogens is 1. The van der Waals surface area contributed by atoms with E-state index in [2.05, 4.69) is 15.3 Å². The summed E-state index contributed by atoms with van der Waals surface area (Å²) in [6.45, 7) is 1.32. The third-order valence-corrected chi connectivity index (χ3v) is 5.33. The van der Waals surface area contributed by atoms with Gasteiger partial charge in [0.2, 0.25) is 0 Å². The Morgan fingerprint density at radius 3 is 2.83 bits per heavy atom. The molecule has 0 saturated carbocycles. The summed E-state index contributed by atoms with van der Waals surface area (Å²) in [7, 11) is 0. The number of phenolic OH excluding ortho intramolecular Hbond substituents is 1. The summed E-state index contributed by atoms with van der Waals surface area (Å²) < 4.78 is 15.1. The molecular formula is C22H23FN4O3. The van der Waals surface area contributed by atoms with Crippen molar-refractivity contribution in [3.05, 3.63) is 77.9 Å². The fraction of sp³-hybridized carbons (Fsp3) is 0.273. The average Bonchev–Trinajstić information content (AvgIpc) is 3.35. The van der Waals surface area contributed by atoms with E-state index < -0.39 is 11.7 Å². The van der Waals surface area contributed by atoms with Crippen LogP contribution in [0.2, 0.25) is 0 Å². The lowest BCUT2D eigenvalue weighted by atomic mass is 10.1. The Kier molecular flexibility index (Phi) is 5.78. The van der Waals surface area contributed by atoms with Gasteiger partial charge in [-0.25, -0.2) is 4.39 Å². The average molecular weight is 410 g/mol. The van der Waals surface area contributed by atoms with Gasteiger partial charge < -0.3 is 15.5 Å². The predicted molar refractivity (Wildman–Crippen MR) is 110 cm³/mol. The third kappa shape index (κ3) is 4.50. The van der Waals surface area contributed by atoms with Gasteiger partial charge in [0.1, 0.15) is 11.6 Å². The second-order valence-electron chi connectivity index (χ2n) is 7.50. The number of likely N-dealkylation sites (tertiary alicyclic amines) is 1. The van der Waals surface area contributed by atoms with Crippen molar-refractivity contribution in [3.63, 3.8) is 0 Å². The van der Waals surface area contributed by atoms with Gasteiger partial charge in [-0.2, -0.15) is 5.10 Å². The number of carbonyl (C=O) groups excluding carboxylic acids is 1. The number of aliphatic hydroxyl groups excluding tert-OH is 1. The van der Waals surface area contributed by atoms with Crippen molar-refractivity contribution >= 4 is 11.6 Å². The smallest absolute Gasteiger partial charge is 0.255 e. The van der Waals surface area contributed by atoms with Gasteiger partial charge in [0.25, 0.3) is 5.91 Å². The molecule has 0 spiro atoms. The Hall–Kier alpha value is -3.23. The number of benzene rings is 2. The highest BCUT2D eigenvalue weighted by molar-refractivity contribution is 6.04. The zero-order valence-corrected chi connectivity index (χ0v) is 16.3. The van der Waals surface area contributed by atoms with Gasteiger partial charge in [0, 0.05) is 30.9 Å². The van der Waals surface area contributed by atoms with Crippen molar-refractivity contribution in [1.82, 2.24) is 14.7 Å². The first-order valence-electron chi connectivity index (χ1n) is 9.75. The Balaban J connectivity index is 1.42. The van der Waals surface area contributed by atoms with Gasteiger partial charge in [-0.05, 0) is 42.3 Å². The molecule has 2 aromatic carbocycles. The van der Waals surface area contributed by atoms with Crippen LogP contribution in [0, 0.1) is 5.82 Å². The lowest BCUT2D eigenvalue weighted by Gasteiger charge is -2.22. The molecule has 156 valence electrons. The first kappa shape index (κ1) is 20.1. The third-order valence-electron chi connectivity index (χ3n) is 5.33. The van der Waals surface area contributed by atoms with E-state index >= 15 is 0 Å². The minimum atomic E-state index is -0.467. The van der Waals surface area contributed by atoms with Crippen LogP contribution in [0.5, 0.6) is 5.75 Å². The number of rotatable bonds is 6. The van der Waals surface area contributed by atoms with Crippen LogP contribution < -0.4 is 5.32 Å². The van der Waals surface area contributed by atoms with E-state index in [1.165, 1.54) is 18.2 Å². The van der Waals surface area contributed by atoms with E-state index in [0.717, 1.165) is 5.56 Å². The highest BCUT2D eigenvalue weighted by Gasteiger charge is 2.33. The van der Waals surface area contributed by atoms with E-state index in [0.29, 0.717) is 25.2 Å². The molecule has 1 fully saturated rings. The van der Waals surface area contributed by atoms with Crippen LogP contribution in [-0.4, -0.2) is 50.0 Å². The van der Waals surface area contributed by atoms with Crippen LogP contribution in [0.15, 0.2) is 60.9 Å². The van der Waals surface area contributed by atoms with E-state index in [-0.39, 0.29) is 30.0 Å². The second kappa shape index (κ2) is 8.64. The van der Waals surface area contributed by atoms with Gasteiger partial charge in [0.15, 0.2) is 0 Å². The van der Waals surface area contributed by atoms with Crippen molar-refractivity contribution in [2.45, 2.75) is 25.0 Å². The summed E-state index contributed by atoms with van der Waals surface area (Å²) in [5, 5.41) is 26.6. The van der Waals surface area contributed by atoms with Crippen molar-refractivity contribution in [3.8, 4) is 5.75 Å². The normalized spacial score (nSPS) is 19.1. The summed E-state index contributed by atoms with van der Waals surface area (Å²) in [6.07, 6.45) is 4.02. The van der Waals surface area contributed by atoms with Crippen LogP contribution in [0.4, 0.5) is 10.1 Å². The maximum absolute atomic E-state index is 13.3. The van der Waals surface area contributed by atoms with Gasteiger partial charge >= 0.3 is 0 Å². The number of phenols is 1. The minimum absolute atomic E-state index is 0.0214. The topological polar surface area (TPSA) is 90.6 Å². The maximum atomic E-state index is 13.3. The molecule has 2 atom stereocenters. The highest BCUT2D eigenvalue weighted by Crippen LogP contribution is 2.29. The summed E-state index contributed by atoms with van der Waals surface area (Å²) >= 11 is 0. The molecule has 3 aromatic rings. The highest BCUT2D eigenvalue weighted by atomic mass is 19.1. The number of carbonyl (C=O) groups is 1. The zero-order chi connectivity index (χ0) is 21.1. The Morgan fingerprint density at radius 1 is 1.23 bits per heavy atom. The van der Waals surface area contributed by atoms with Crippen molar-refractivity contribution in [1.29, 1.82) is 0 Å². The van der Waals surface area contributed by atoms with Gasteiger partial charge in [-0.15, -0.1) is 0 Å². The minimum Gasteiger partial charge on any atom is -0.508 e. The molecule has 1 saturated heterocycles. The van der Waals surface area contributed by atoms with Crippen LogP contribution in [0.3, 0.4) is 0 Å². The van der Waals surface area contributed by atoms with E-state index in [1.807, 2.05) is 6.07 Å². The molecule has 1 aliphatic rings. The van der Waals surface area contributed by atoms with E-state index in [9.17, 15) is 19.4 Å². The molecule has 0 aliphatic carbocycles. The number of nitrogens with one attached hydrogen (secondary N) is 1. The van der Waals surface area contributed by atoms with Gasteiger partial charge in [-0.3, -0.25) is 14.4 Å². The molecule has 1 aliphatic heterocycles. The monoisotopic (exact) mass is 410 g/mol. The van der Waals surface area contributed by atoms with Gasteiger partial charge in [-0.1, -0.05) is 18.2 Å². The van der Waals surface area contributed by atoms with E-state index in [1.54, 1.807) is 41.3 Å². The molecule has 0 radical (unpaired) electrons. The molecule has 8 heteroatoms. The molecule has 3 N–H and O–H groups in total. The fourth-order valence-electron chi connectivity index (χ4n) is 3.86. The summed E-state index contributed by atoms with van der Waals surface area (Å²) in [6, 6.07) is 12.6. The number of anilines is 1. The number of hydrogen-bond donors (Lipinski definition) is 3. The molecular weight excluding hydrogens is 387 g/mol. The Bertz CT molecular complexity index is 1040. The predicted octanol–water partition coefficient (Wildman–Crippen LogP) is 2.79. The van der Waals surface area contributed by atoms with Crippen LogP contribution in [0.25, 0.3) is 0 Å².